The third kappa shape index (κ3) is 4.38. The van der Waals surface area contributed by atoms with Crippen LogP contribution in [0.2, 0.25) is 5.02 Å². The van der Waals surface area contributed by atoms with Crippen molar-refractivity contribution in [3.63, 3.8) is 0 Å². The van der Waals surface area contributed by atoms with Crippen LogP contribution in [-0.4, -0.2) is 36.2 Å². The molecule has 3 aromatic rings. The summed E-state index contributed by atoms with van der Waals surface area (Å²) >= 11 is 6.11. The number of nitrogens with one attached hydrogen (secondary N) is 2. The molecular weight excluding hydrogens is 429 g/mol. The van der Waals surface area contributed by atoms with E-state index in [-0.39, 0.29) is 22.4 Å². The molecule has 0 bridgehead atoms. The number of hydrogen-bond donors (Lipinski definition) is 2. The van der Waals surface area contributed by atoms with Gasteiger partial charge in [0, 0.05) is 23.7 Å². The van der Waals surface area contributed by atoms with E-state index in [2.05, 4.69) is 15.6 Å². The molecule has 5 nitrogen and oxygen atoms in total. The Kier molecular flexibility index (Phi) is 6.53. The fourth-order valence-electron chi connectivity index (χ4n) is 4.39. The summed E-state index contributed by atoms with van der Waals surface area (Å²) < 4.78 is 14.3. The van der Waals surface area contributed by atoms with Crippen LogP contribution in [-0.2, 0) is 0 Å². The van der Waals surface area contributed by atoms with Crippen LogP contribution in [0.15, 0.2) is 36.5 Å². The number of carbonyl (C=O) groups excluding carboxylic acids is 2. The van der Waals surface area contributed by atoms with Crippen molar-refractivity contribution in [3.05, 3.63) is 58.5 Å². The Hall–Kier alpha value is -2.83. The summed E-state index contributed by atoms with van der Waals surface area (Å²) in [5, 5.41) is 7.79. The highest BCUT2D eigenvalue weighted by Crippen LogP contribution is 2.34. The topological polar surface area (TPSA) is 71.1 Å². The average molecular weight is 454 g/mol. The number of nitrogens with zero attached hydrogens (tertiary/aromatic N) is 1. The van der Waals surface area contributed by atoms with Crippen molar-refractivity contribution in [2.45, 2.75) is 44.7 Å². The second-order valence-electron chi connectivity index (χ2n) is 8.29. The number of ketones is 1. The Morgan fingerprint density at radius 2 is 1.84 bits per heavy atom. The molecule has 1 aliphatic rings. The summed E-state index contributed by atoms with van der Waals surface area (Å²) in [4.78, 5) is 27.9. The minimum Gasteiger partial charge on any atom is -0.381 e. The van der Waals surface area contributed by atoms with E-state index in [4.69, 9.17) is 11.6 Å². The predicted molar refractivity (Wildman–Crippen MR) is 126 cm³/mol. The van der Waals surface area contributed by atoms with E-state index in [0.717, 1.165) is 47.8 Å². The highest BCUT2D eigenvalue weighted by molar-refractivity contribution is 6.33. The van der Waals surface area contributed by atoms with Gasteiger partial charge in [-0.2, -0.15) is 0 Å². The Morgan fingerprint density at radius 3 is 2.47 bits per heavy atom. The third-order valence-corrected chi connectivity index (χ3v) is 6.57. The van der Waals surface area contributed by atoms with Crippen LogP contribution in [0.4, 0.5) is 10.1 Å². The zero-order valence-electron chi connectivity index (χ0n) is 18.0. The number of halogens is 2. The fourth-order valence-corrected chi connectivity index (χ4v) is 4.64. The van der Waals surface area contributed by atoms with Gasteiger partial charge in [0.25, 0.3) is 0 Å². The number of aldehydes is 1. The number of aromatic nitrogens is 1. The molecule has 0 radical (unpaired) electrons. The number of fused-ring (bicyclic) bond motifs is 1. The fraction of sp³-hybridized carbons (Fsp3) is 0.320. The van der Waals surface area contributed by atoms with Crippen LogP contribution in [0, 0.1) is 5.82 Å². The van der Waals surface area contributed by atoms with Gasteiger partial charge in [-0.3, -0.25) is 14.6 Å². The molecule has 166 valence electrons. The number of anilines is 1. The Morgan fingerprint density at radius 1 is 1.12 bits per heavy atom. The van der Waals surface area contributed by atoms with Crippen LogP contribution < -0.4 is 10.6 Å². The van der Waals surface area contributed by atoms with Crippen LogP contribution in [0.3, 0.4) is 0 Å². The Labute approximate surface area is 191 Å². The van der Waals surface area contributed by atoms with Crippen LogP contribution in [0.25, 0.3) is 22.0 Å². The molecule has 7 heteroatoms. The Bertz CT molecular complexity index is 1170. The minimum absolute atomic E-state index is 0.0605. The van der Waals surface area contributed by atoms with Crippen LogP contribution in [0.1, 0.15) is 53.3 Å². The van der Waals surface area contributed by atoms with Gasteiger partial charge in [0.1, 0.15) is 5.82 Å². The first-order chi connectivity index (χ1) is 15.4. The van der Waals surface area contributed by atoms with Gasteiger partial charge in [0.05, 0.1) is 27.4 Å². The summed E-state index contributed by atoms with van der Waals surface area (Å²) in [5.74, 6) is -0.738. The number of rotatable bonds is 6. The number of pyridine rings is 1. The minimum atomic E-state index is -0.669. The predicted octanol–water partition coefficient (Wildman–Crippen LogP) is 5.65. The lowest BCUT2D eigenvalue weighted by molar-refractivity contribution is 0.101. The van der Waals surface area contributed by atoms with Gasteiger partial charge in [0.15, 0.2) is 12.1 Å². The summed E-state index contributed by atoms with van der Waals surface area (Å²) in [6, 6.07) is 9.21. The maximum absolute atomic E-state index is 14.3. The average Bonchev–Trinajstić information content (AvgIpc) is 2.79. The molecule has 0 unspecified atom stereocenters. The first-order valence-corrected chi connectivity index (χ1v) is 11.1. The third-order valence-electron chi connectivity index (χ3n) is 6.26. The molecule has 0 aliphatic heterocycles. The summed E-state index contributed by atoms with van der Waals surface area (Å²) in [7, 11) is 1.99. The first-order valence-electron chi connectivity index (χ1n) is 10.7. The van der Waals surface area contributed by atoms with Crippen LogP contribution >= 0.6 is 11.6 Å². The van der Waals surface area contributed by atoms with E-state index >= 15 is 0 Å². The van der Waals surface area contributed by atoms with E-state index in [0.29, 0.717) is 23.5 Å². The lowest BCUT2D eigenvalue weighted by atomic mass is 9.90. The molecule has 0 atom stereocenters. The molecule has 0 saturated heterocycles. The zero-order chi connectivity index (χ0) is 22.8. The number of Topliss-reactive ketones (excluding diaryl/α,β-unsaturated/α-hetero) is 1. The maximum atomic E-state index is 14.3. The smallest absolute Gasteiger partial charge is 0.163 e. The number of benzene rings is 2. The highest BCUT2D eigenvalue weighted by atomic mass is 35.5. The van der Waals surface area contributed by atoms with E-state index in [9.17, 15) is 14.0 Å². The molecule has 2 N–H and O–H groups in total. The van der Waals surface area contributed by atoms with Gasteiger partial charge in [0.2, 0.25) is 0 Å². The largest absolute Gasteiger partial charge is 0.381 e. The lowest BCUT2D eigenvalue weighted by Gasteiger charge is -2.30. The first kappa shape index (κ1) is 22.4. The molecule has 1 saturated carbocycles. The molecule has 1 heterocycles. The molecule has 1 fully saturated rings. The summed E-state index contributed by atoms with van der Waals surface area (Å²) in [5.41, 5.74) is 3.14. The van der Waals surface area contributed by atoms with Crippen molar-refractivity contribution in [1.29, 1.82) is 0 Å². The molecule has 0 spiro atoms. The van der Waals surface area contributed by atoms with Crippen molar-refractivity contribution in [3.8, 4) is 11.1 Å². The SMILES string of the molecule is CNC1CCC(Nc2c(C(C)=O)cnc3ccc(-c4cc(F)c(C=O)c(Cl)c4)cc23)CC1. The molecule has 32 heavy (non-hydrogen) atoms. The van der Waals surface area contributed by atoms with Crippen molar-refractivity contribution in [2.24, 2.45) is 0 Å². The molecule has 2 aromatic carbocycles. The van der Waals surface area contributed by atoms with Gasteiger partial charge >= 0.3 is 0 Å². The molecular formula is C25H25ClFN3O2. The lowest BCUT2D eigenvalue weighted by Crippen LogP contribution is -2.35. The van der Waals surface area contributed by atoms with E-state index < -0.39 is 5.82 Å². The van der Waals surface area contributed by atoms with Crippen molar-refractivity contribution < 1.29 is 14.0 Å². The second-order valence-corrected chi connectivity index (χ2v) is 8.70. The quantitative estimate of drug-likeness (QED) is 0.372. The van der Waals surface area contributed by atoms with E-state index in [1.165, 1.54) is 13.0 Å². The highest BCUT2D eigenvalue weighted by Gasteiger charge is 2.22. The van der Waals surface area contributed by atoms with Gasteiger partial charge in [-0.1, -0.05) is 17.7 Å². The monoisotopic (exact) mass is 453 g/mol. The molecule has 1 aliphatic carbocycles. The maximum Gasteiger partial charge on any atom is 0.163 e. The van der Waals surface area contributed by atoms with Gasteiger partial charge in [-0.15, -0.1) is 0 Å². The van der Waals surface area contributed by atoms with Crippen LogP contribution in [0.5, 0.6) is 0 Å². The molecule has 1 aromatic heterocycles. The molecule has 4 rings (SSSR count). The standard InChI is InChI=1S/C25H25ClFN3O2/c1-14(32)20-12-29-24-8-3-15(16-10-22(26)21(13-31)23(27)11-16)9-19(24)25(20)30-18-6-4-17(28-2)5-7-18/h3,8-13,17-18,28H,4-7H2,1-2H3,(H,29,30). The van der Waals surface area contributed by atoms with Crippen molar-refractivity contribution >= 4 is 40.3 Å². The summed E-state index contributed by atoms with van der Waals surface area (Å²) in [6.07, 6.45) is 6.16. The summed E-state index contributed by atoms with van der Waals surface area (Å²) in [6.45, 7) is 1.53. The van der Waals surface area contributed by atoms with Gasteiger partial charge < -0.3 is 10.6 Å². The normalized spacial score (nSPS) is 18.5. The zero-order valence-corrected chi connectivity index (χ0v) is 18.8. The van der Waals surface area contributed by atoms with Gasteiger partial charge in [-0.05, 0) is 75.0 Å². The Balaban J connectivity index is 1.79. The van der Waals surface area contributed by atoms with E-state index in [1.807, 2.05) is 25.2 Å². The van der Waals surface area contributed by atoms with E-state index in [1.54, 1.807) is 12.3 Å². The number of carbonyl (C=O) groups is 2. The van der Waals surface area contributed by atoms with Crippen molar-refractivity contribution in [2.75, 3.05) is 12.4 Å². The van der Waals surface area contributed by atoms with Crippen molar-refractivity contribution in [1.82, 2.24) is 10.3 Å². The van der Waals surface area contributed by atoms with Gasteiger partial charge in [-0.25, -0.2) is 4.39 Å². The second kappa shape index (κ2) is 9.35. The molecule has 0 amide bonds. The number of hydrogen-bond acceptors (Lipinski definition) is 5.